The Bertz CT molecular complexity index is 1620. The highest BCUT2D eigenvalue weighted by Gasteiger charge is 2.18. The molecule has 0 fully saturated rings. The smallest absolute Gasteiger partial charge is 0.281 e. The van der Waals surface area contributed by atoms with Gasteiger partial charge in [0.1, 0.15) is 23.6 Å². The summed E-state index contributed by atoms with van der Waals surface area (Å²) in [5.74, 6) is 1.26. The minimum Gasteiger partial charge on any atom is -0.490 e. The third kappa shape index (κ3) is 5.07. The second-order valence-electron chi connectivity index (χ2n) is 8.26. The number of aromatic nitrogens is 2. The lowest BCUT2D eigenvalue weighted by Crippen LogP contribution is -2.17. The molecule has 186 valence electrons. The fourth-order valence-corrected chi connectivity index (χ4v) is 5.14. The predicted molar refractivity (Wildman–Crippen MR) is 148 cm³/mol. The Morgan fingerprint density at radius 1 is 1.08 bits per heavy atom. The van der Waals surface area contributed by atoms with E-state index < -0.39 is 0 Å². The standard InChI is InChI=1S/C28H25N5O3S/c1-3-35-23-13-18(11-12-22(23)36-15-20-9-6-8-19-7-4-5-10-21(19)20)14-32-33-27(34)25-17(2)24-26(29)30-16-31-28(24)37-25/h4-14,16H,3,15H2,1-2H3,(H,33,34)(H2,29,30,31)/b32-14-. The normalized spacial score (nSPS) is 11.3. The van der Waals surface area contributed by atoms with Crippen molar-refractivity contribution in [2.75, 3.05) is 12.3 Å². The molecular weight excluding hydrogens is 486 g/mol. The molecule has 0 saturated heterocycles. The second-order valence-corrected chi connectivity index (χ2v) is 9.26. The van der Waals surface area contributed by atoms with Gasteiger partial charge < -0.3 is 15.2 Å². The number of benzene rings is 3. The Balaban J connectivity index is 1.29. The number of nitrogen functional groups attached to an aromatic ring is 1. The molecular formula is C28H25N5O3S. The number of fused-ring (bicyclic) bond motifs is 2. The van der Waals surface area contributed by atoms with Crippen LogP contribution in [0.15, 0.2) is 72.1 Å². The van der Waals surface area contributed by atoms with E-state index in [1.165, 1.54) is 23.1 Å². The van der Waals surface area contributed by atoms with Gasteiger partial charge in [0.15, 0.2) is 11.5 Å². The maximum Gasteiger partial charge on any atom is 0.281 e. The molecule has 3 N–H and O–H groups in total. The lowest BCUT2D eigenvalue weighted by molar-refractivity contribution is 0.0958. The van der Waals surface area contributed by atoms with Crippen molar-refractivity contribution in [1.82, 2.24) is 15.4 Å². The number of amides is 1. The highest BCUT2D eigenvalue weighted by molar-refractivity contribution is 7.20. The molecule has 9 heteroatoms. The van der Waals surface area contributed by atoms with Crippen molar-refractivity contribution in [1.29, 1.82) is 0 Å². The minimum absolute atomic E-state index is 0.337. The van der Waals surface area contributed by atoms with Crippen LogP contribution in [0.5, 0.6) is 11.5 Å². The number of aryl methyl sites for hydroxylation is 1. The van der Waals surface area contributed by atoms with Crippen molar-refractivity contribution in [2.45, 2.75) is 20.5 Å². The molecule has 5 rings (SSSR count). The number of nitrogens with one attached hydrogen (secondary N) is 1. The van der Waals surface area contributed by atoms with Crippen LogP contribution in [0.3, 0.4) is 0 Å². The van der Waals surface area contributed by atoms with Gasteiger partial charge in [-0.3, -0.25) is 4.79 Å². The van der Waals surface area contributed by atoms with Crippen LogP contribution >= 0.6 is 11.3 Å². The van der Waals surface area contributed by atoms with Crippen LogP contribution in [0.2, 0.25) is 0 Å². The van der Waals surface area contributed by atoms with Crippen LogP contribution in [-0.2, 0) is 6.61 Å². The van der Waals surface area contributed by atoms with E-state index in [-0.39, 0.29) is 5.91 Å². The van der Waals surface area contributed by atoms with Crippen LogP contribution in [0.25, 0.3) is 21.0 Å². The molecule has 2 aromatic heterocycles. The number of thiophene rings is 1. The number of hydrogen-bond acceptors (Lipinski definition) is 8. The first-order valence-corrected chi connectivity index (χ1v) is 12.6. The molecule has 0 aliphatic rings. The summed E-state index contributed by atoms with van der Waals surface area (Å²) in [6, 6.07) is 19.9. The Morgan fingerprint density at radius 3 is 2.76 bits per heavy atom. The van der Waals surface area contributed by atoms with Gasteiger partial charge in [-0.05, 0) is 59.5 Å². The first-order valence-electron chi connectivity index (χ1n) is 11.7. The molecule has 0 unspecified atom stereocenters. The topological polar surface area (TPSA) is 112 Å². The first kappa shape index (κ1) is 24.2. The molecule has 8 nitrogen and oxygen atoms in total. The number of nitrogens with two attached hydrogens (primary N) is 1. The zero-order valence-electron chi connectivity index (χ0n) is 20.4. The van der Waals surface area contributed by atoms with E-state index in [0.717, 1.165) is 22.1 Å². The zero-order chi connectivity index (χ0) is 25.8. The van der Waals surface area contributed by atoms with Crippen LogP contribution in [-0.4, -0.2) is 28.7 Å². The van der Waals surface area contributed by atoms with Crippen molar-refractivity contribution in [3.63, 3.8) is 0 Å². The third-order valence-electron chi connectivity index (χ3n) is 5.87. The first-order chi connectivity index (χ1) is 18.0. The number of carbonyl (C=O) groups excluding carboxylic acids is 1. The van der Waals surface area contributed by atoms with Crippen molar-refractivity contribution in [2.24, 2.45) is 5.10 Å². The summed E-state index contributed by atoms with van der Waals surface area (Å²) < 4.78 is 11.9. The van der Waals surface area contributed by atoms with Gasteiger partial charge >= 0.3 is 0 Å². The van der Waals surface area contributed by atoms with Crippen molar-refractivity contribution < 1.29 is 14.3 Å². The fraction of sp³-hybridized carbons (Fsp3) is 0.143. The molecule has 5 aromatic rings. The number of anilines is 1. The van der Waals surface area contributed by atoms with Crippen molar-refractivity contribution in [3.05, 3.63) is 88.6 Å². The number of rotatable bonds is 8. The Kier molecular flexibility index (Phi) is 6.96. The van der Waals surface area contributed by atoms with Gasteiger partial charge in [-0.25, -0.2) is 15.4 Å². The third-order valence-corrected chi connectivity index (χ3v) is 7.07. The average Bonchev–Trinajstić information content (AvgIpc) is 3.26. The molecule has 1 amide bonds. The largest absolute Gasteiger partial charge is 0.490 e. The summed E-state index contributed by atoms with van der Waals surface area (Å²) in [7, 11) is 0. The van der Waals surface area contributed by atoms with E-state index in [2.05, 4.69) is 44.8 Å². The summed E-state index contributed by atoms with van der Waals surface area (Å²) >= 11 is 1.25. The maximum atomic E-state index is 12.7. The van der Waals surface area contributed by atoms with Gasteiger partial charge in [0.25, 0.3) is 5.91 Å². The van der Waals surface area contributed by atoms with Crippen LogP contribution in [0.4, 0.5) is 5.82 Å². The Labute approximate surface area is 217 Å². The van der Waals surface area contributed by atoms with Gasteiger partial charge in [0, 0.05) is 0 Å². The summed E-state index contributed by atoms with van der Waals surface area (Å²) in [5.41, 5.74) is 11.1. The quantitative estimate of drug-likeness (QED) is 0.211. The van der Waals surface area contributed by atoms with Gasteiger partial charge in [-0.1, -0.05) is 42.5 Å². The number of nitrogens with zero attached hydrogens (tertiary/aromatic N) is 3. The van der Waals surface area contributed by atoms with E-state index in [0.29, 0.717) is 45.6 Å². The summed E-state index contributed by atoms with van der Waals surface area (Å²) in [5, 5.41) is 7.15. The van der Waals surface area contributed by atoms with Crippen LogP contribution < -0.4 is 20.6 Å². The van der Waals surface area contributed by atoms with E-state index in [1.807, 2.05) is 50.2 Å². The summed E-state index contributed by atoms with van der Waals surface area (Å²) in [6.07, 6.45) is 2.95. The highest BCUT2D eigenvalue weighted by atomic mass is 32.1. The molecule has 0 saturated carbocycles. The Morgan fingerprint density at radius 2 is 1.92 bits per heavy atom. The maximum absolute atomic E-state index is 12.7. The molecule has 0 spiro atoms. The van der Waals surface area contributed by atoms with Gasteiger partial charge in [-0.15, -0.1) is 11.3 Å². The van der Waals surface area contributed by atoms with Crippen LogP contribution in [0, 0.1) is 6.92 Å². The molecule has 37 heavy (non-hydrogen) atoms. The van der Waals surface area contributed by atoms with E-state index >= 15 is 0 Å². The molecule has 2 heterocycles. The van der Waals surface area contributed by atoms with Gasteiger partial charge in [0.2, 0.25) is 0 Å². The molecule has 0 atom stereocenters. The number of ether oxygens (including phenoxy) is 2. The summed E-state index contributed by atoms with van der Waals surface area (Å²) in [4.78, 5) is 22.1. The SMILES string of the molecule is CCOc1cc(/C=N\NC(=O)c2sc3ncnc(N)c3c2C)ccc1OCc1cccc2ccccc12. The zero-order valence-corrected chi connectivity index (χ0v) is 21.2. The molecule has 0 radical (unpaired) electrons. The predicted octanol–water partition coefficient (Wildman–Crippen LogP) is 5.48. The van der Waals surface area contributed by atoms with E-state index in [9.17, 15) is 4.79 Å². The summed E-state index contributed by atoms with van der Waals surface area (Å²) in [6.45, 7) is 4.63. The van der Waals surface area contributed by atoms with E-state index in [1.54, 1.807) is 6.21 Å². The number of hydrogen-bond donors (Lipinski definition) is 2. The van der Waals surface area contributed by atoms with Crippen molar-refractivity contribution >= 4 is 50.3 Å². The van der Waals surface area contributed by atoms with Crippen molar-refractivity contribution in [3.8, 4) is 11.5 Å². The highest BCUT2D eigenvalue weighted by Crippen LogP contribution is 2.32. The molecule has 3 aromatic carbocycles. The van der Waals surface area contributed by atoms with Crippen LogP contribution in [0.1, 0.15) is 33.3 Å². The molecule has 0 aliphatic carbocycles. The second kappa shape index (κ2) is 10.6. The number of carbonyl (C=O) groups is 1. The lowest BCUT2D eigenvalue weighted by Gasteiger charge is -2.13. The van der Waals surface area contributed by atoms with E-state index in [4.69, 9.17) is 15.2 Å². The van der Waals surface area contributed by atoms with Gasteiger partial charge in [0.05, 0.1) is 23.1 Å². The number of hydrazone groups is 1. The lowest BCUT2D eigenvalue weighted by atomic mass is 10.1. The molecule has 0 bridgehead atoms. The fourth-order valence-electron chi connectivity index (χ4n) is 4.10. The minimum atomic E-state index is -0.337. The average molecular weight is 512 g/mol. The molecule has 0 aliphatic heterocycles. The van der Waals surface area contributed by atoms with Gasteiger partial charge in [-0.2, -0.15) is 5.10 Å². The Hall–Kier alpha value is -4.50. The monoisotopic (exact) mass is 511 g/mol.